The molecular formula is C17H16F3N3O2S. The molecule has 1 saturated heterocycles. The van der Waals surface area contributed by atoms with E-state index in [1.54, 1.807) is 6.07 Å². The van der Waals surface area contributed by atoms with E-state index in [1.807, 2.05) is 6.92 Å². The van der Waals surface area contributed by atoms with Crippen LogP contribution in [0.3, 0.4) is 0 Å². The molecule has 0 aliphatic carbocycles. The van der Waals surface area contributed by atoms with E-state index in [1.165, 1.54) is 17.0 Å². The highest BCUT2D eigenvalue weighted by molar-refractivity contribution is 7.10. The third kappa shape index (κ3) is 4.21. The van der Waals surface area contributed by atoms with E-state index in [0.717, 1.165) is 29.4 Å². The van der Waals surface area contributed by atoms with Crippen molar-refractivity contribution < 1.29 is 22.8 Å². The van der Waals surface area contributed by atoms with E-state index < -0.39 is 17.7 Å². The van der Waals surface area contributed by atoms with Crippen LogP contribution in [-0.4, -0.2) is 27.6 Å². The second-order valence-corrected chi connectivity index (χ2v) is 7.00. The van der Waals surface area contributed by atoms with Crippen molar-refractivity contribution in [3.8, 4) is 0 Å². The Morgan fingerprint density at radius 1 is 1.38 bits per heavy atom. The van der Waals surface area contributed by atoms with Gasteiger partial charge in [0.2, 0.25) is 11.8 Å². The maximum absolute atomic E-state index is 12.8. The van der Waals surface area contributed by atoms with Crippen LogP contribution < -0.4 is 5.32 Å². The van der Waals surface area contributed by atoms with Gasteiger partial charge in [0.05, 0.1) is 17.2 Å². The van der Waals surface area contributed by atoms with E-state index in [-0.39, 0.29) is 31.3 Å². The number of anilines is 1. The molecule has 1 aliphatic rings. The van der Waals surface area contributed by atoms with Gasteiger partial charge in [0.15, 0.2) is 0 Å². The van der Waals surface area contributed by atoms with Crippen molar-refractivity contribution in [2.24, 2.45) is 5.92 Å². The zero-order valence-electron chi connectivity index (χ0n) is 13.8. The van der Waals surface area contributed by atoms with Crippen molar-refractivity contribution in [2.75, 3.05) is 11.9 Å². The summed E-state index contributed by atoms with van der Waals surface area (Å²) in [5.41, 5.74) is 0.419. The van der Waals surface area contributed by atoms with Gasteiger partial charge in [-0.3, -0.25) is 9.59 Å². The molecule has 3 rings (SSSR count). The fourth-order valence-corrected chi connectivity index (χ4v) is 3.48. The number of carbonyl (C=O) groups is 2. The van der Waals surface area contributed by atoms with Crippen LogP contribution in [0.4, 0.5) is 18.2 Å². The summed E-state index contributed by atoms with van der Waals surface area (Å²) in [7, 11) is 0. The quantitative estimate of drug-likeness (QED) is 0.880. The number of carbonyl (C=O) groups excluding carboxylic acids is 2. The van der Waals surface area contributed by atoms with Crippen LogP contribution in [0, 0.1) is 12.8 Å². The number of rotatable bonds is 4. The first-order valence-corrected chi connectivity index (χ1v) is 8.68. The van der Waals surface area contributed by atoms with Crippen LogP contribution in [0.15, 0.2) is 30.3 Å². The highest BCUT2D eigenvalue weighted by atomic mass is 32.1. The Bertz CT molecular complexity index is 835. The molecule has 2 amide bonds. The number of aromatic nitrogens is 1. The highest BCUT2D eigenvalue weighted by Gasteiger charge is 2.35. The Morgan fingerprint density at radius 3 is 2.81 bits per heavy atom. The molecule has 0 unspecified atom stereocenters. The van der Waals surface area contributed by atoms with Gasteiger partial charge >= 0.3 is 6.18 Å². The molecule has 1 atom stereocenters. The summed E-state index contributed by atoms with van der Waals surface area (Å²) >= 11 is 1.16. The Labute approximate surface area is 152 Å². The molecular weight excluding hydrogens is 367 g/mol. The summed E-state index contributed by atoms with van der Waals surface area (Å²) in [5.74, 6) is -1.06. The van der Waals surface area contributed by atoms with Gasteiger partial charge in [-0.15, -0.1) is 0 Å². The first-order valence-electron chi connectivity index (χ1n) is 7.90. The molecule has 2 aromatic rings. The van der Waals surface area contributed by atoms with E-state index >= 15 is 0 Å². The number of hydrogen-bond acceptors (Lipinski definition) is 4. The lowest BCUT2D eigenvalue weighted by Crippen LogP contribution is -2.28. The van der Waals surface area contributed by atoms with Crippen LogP contribution in [0.1, 0.15) is 23.2 Å². The molecule has 0 saturated carbocycles. The normalized spacial score (nSPS) is 17.6. The van der Waals surface area contributed by atoms with Crippen LogP contribution in [-0.2, 0) is 22.3 Å². The lowest BCUT2D eigenvalue weighted by atomic mass is 10.1. The fourth-order valence-electron chi connectivity index (χ4n) is 2.81. The Kier molecular flexibility index (Phi) is 4.99. The summed E-state index contributed by atoms with van der Waals surface area (Å²) in [6.45, 7) is 2.03. The minimum atomic E-state index is -4.43. The van der Waals surface area contributed by atoms with Crippen molar-refractivity contribution in [3.05, 3.63) is 47.2 Å². The topological polar surface area (TPSA) is 62.3 Å². The summed E-state index contributed by atoms with van der Waals surface area (Å²) < 4.78 is 42.5. The summed E-state index contributed by atoms with van der Waals surface area (Å²) in [6.07, 6.45) is -4.39. The average Bonchev–Trinajstić information content (AvgIpc) is 3.13. The first-order chi connectivity index (χ1) is 12.2. The zero-order valence-corrected chi connectivity index (χ0v) is 14.7. The number of aryl methyl sites for hydroxylation is 1. The minimum absolute atomic E-state index is 0.0442. The van der Waals surface area contributed by atoms with Crippen LogP contribution >= 0.6 is 11.5 Å². The maximum atomic E-state index is 12.8. The number of halogens is 3. The van der Waals surface area contributed by atoms with Gasteiger partial charge in [0.1, 0.15) is 5.00 Å². The summed E-state index contributed by atoms with van der Waals surface area (Å²) in [6, 6.07) is 6.61. The zero-order chi connectivity index (χ0) is 18.9. The monoisotopic (exact) mass is 383 g/mol. The molecule has 1 aliphatic heterocycles. The molecule has 1 fully saturated rings. The van der Waals surface area contributed by atoms with Gasteiger partial charge in [-0.2, -0.15) is 17.5 Å². The fraction of sp³-hybridized carbons (Fsp3) is 0.353. The third-order valence-electron chi connectivity index (χ3n) is 4.09. The molecule has 1 aromatic carbocycles. The molecule has 5 nitrogen and oxygen atoms in total. The van der Waals surface area contributed by atoms with Gasteiger partial charge in [0.25, 0.3) is 0 Å². The molecule has 2 heterocycles. The maximum Gasteiger partial charge on any atom is 0.416 e. The van der Waals surface area contributed by atoms with E-state index in [4.69, 9.17) is 0 Å². The van der Waals surface area contributed by atoms with E-state index in [2.05, 4.69) is 9.69 Å². The highest BCUT2D eigenvalue weighted by Crippen LogP contribution is 2.30. The van der Waals surface area contributed by atoms with Gasteiger partial charge in [-0.25, -0.2) is 0 Å². The predicted molar refractivity (Wildman–Crippen MR) is 90.4 cm³/mol. The molecule has 0 spiro atoms. The number of nitrogens with zero attached hydrogens (tertiary/aromatic N) is 2. The van der Waals surface area contributed by atoms with Crippen LogP contribution in [0.25, 0.3) is 0 Å². The lowest BCUT2D eigenvalue weighted by Gasteiger charge is -2.17. The predicted octanol–water partition coefficient (Wildman–Crippen LogP) is 3.46. The van der Waals surface area contributed by atoms with Crippen LogP contribution in [0.2, 0.25) is 0 Å². The molecule has 26 heavy (non-hydrogen) atoms. The largest absolute Gasteiger partial charge is 0.416 e. The third-order valence-corrected chi connectivity index (χ3v) is 4.88. The van der Waals surface area contributed by atoms with Gasteiger partial charge in [-0.1, -0.05) is 12.1 Å². The average molecular weight is 383 g/mol. The Hall–Kier alpha value is -2.42. The molecule has 138 valence electrons. The van der Waals surface area contributed by atoms with E-state index in [0.29, 0.717) is 10.6 Å². The molecule has 0 bridgehead atoms. The number of benzene rings is 1. The molecule has 9 heteroatoms. The number of amides is 2. The standard InChI is InChI=1S/C17H16F3N3O2S/c1-10-5-14(26-22-10)21-16(25)12-7-15(24)23(9-12)8-11-3-2-4-13(6-11)17(18,19)20/h2-6,12H,7-9H2,1H3,(H,21,25)/t12-/m0/s1. The van der Waals surface area contributed by atoms with Gasteiger partial charge in [0, 0.05) is 19.5 Å². The minimum Gasteiger partial charge on any atom is -0.338 e. The first kappa shape index (κ1) is 18.4. The molecule has 0 radical (unpaired) electrons. The van der Waals surface area contributed by atoms with Gasteiger partial charge < -0.3 is 10.2 Å². The summed E-state index contributed by atoms with van der Waals surface area (Å²) in [5, 5.41) is 3.34. The van der Waals surface area contributed by atoms with Crippen molar-refractivity contribution in [1.29, 1.82) is 0 Å². The smallest absolute Gasteiger partial charge is 0.338 e. The summed E-state index contributed by atoms with van der Waals surface area (Å²) in [4.78, 5) is 25.9. The number of nitrogens with one attached hydrogen (secondary N) is 1. The molecule has 1 aromatic heterocycles. The van der Waals surface area contributed by atoms with E-state index in [9.17, 15) is 22.8 Å². The second-order valence-electron chi connectivity index (χ2n) is 6.20. The second kappa shape index (κ2) is 7.06. The van der Waals surface area contributed by atoms with Crippen molar-refractivity contribution in [1.82, 2.24) is 9.27 Å². The Balaban J connectivity index is 1.64. The number of hydrogen-bond donors (Lipinski definition) is 1. The van der Waals surface area contributed by atoms with Gasteiger partial charge in [-0.05, 0) is 42.2 Å². The number of likely N-dealkylation sites (tertiary alicyclic amines) is 1. The Morgan fingerprint density at radius 2 is 2.15 bits per heavy atom. The lowest BCUT2D eigenvalue weighted by molar-refractivity contribution is -0.137. The number of alkyl halides is 3. The van der Waals surface area contributed by atoms with Crippen molar-refractivity contribution >= 4 is 28.3 Å². The van der Waals surface area contributed by atoms with Crippen LogP contribution in [0.5, 0.6) is 0 Å². The van der Waals surface area contributed by atoms with Crippen molar-refractivity contribution in [2.45, 2.75) is 26.1 Å². The van der Waals surface area contributed by atoms with Crippen molar-refractivity contribution in [3.63, 3.8) is 0 Å². The SMILES string of the molecule is Cc1cc(NC(=O)[C@H]2CC(=O)N(Cc3cccc(C(F)(F)F)c3)C2)sn1. The molecule has 1 N–H and O–H groups in total.